The highest BCUT2D eigenvalue weighted by Crippen LogP contribution is 2.42. The van der Waals surface area contributed by atoms with Crippen LogP contribution >= 0.6 is 11.3 Å². The lowest BCUT2D eigenvalue weighted by molar-refractivity contribution is -0.121. The van der Waals surface area contributed by atoms with Crippen LogP contribution in [0.25, 0.3) is 10.4 Å². The number of sulfonamides is 1. The maximum Gasteiger partial charge on any atom is 0.348 e. The molecule has 1 aliphatic carbocycles. The molecule has 1 N–H and O–H groups in total. The Morgan fingerprint density at radius 1 is 1.00 bits per heavy atom. The topological polar surface area (TPSA) is 111 Å². The maximum atomic E-state index is 14.0. The zero-order valence-corrected chi connectivity index (χ0v) is 26.0. The molecule has 0 radical (unpaired) electrons. The van der Waals surface area contributed by atoms with Crippen LogP contribution in [0.4, 0.5) is 11.5 Å². The van der Waals surface area contributed by atoms with Gasteiger partial charge in [-0.2, -0.15) is 4.31 Å². The van der Waals surface area contributed by atoms with Gasteiger partial charge in [0.15, 0.2) is 0 Å². The van der Waals surface area contributed by atoms with Crippen LogP contribution in [0.3, 0.4) is 0 Å². The zero-order chi connectivity index (χ0) is 30.1. The fraction of sp³-hybridized carbons (Fsp3) is 0.469. The van der Waals surface area contributed by atoms with E-state index in [0.717, 1.165) is 79.2 Å². The number of piperidine rings is 1. The summed E-state index contributed by atoms with van der Waals surface area (Å²) in [5.74, 6) is -0.108. The zero-order valence-electron chi connectivity index (χ0n) is 24.4. The van der Waals surface area contributed by atoms with Gasteiger partial charge in [0.25, 0.3) is 0 Å². The summed E-state index contributed by atoms with van der Waals surface area (Å²) < 4.78 is 29.1. The van der Waals surface area contributed by atoms with Crippen molar-refractivity contribution in [3.05, 3.63) is 59.6 Å². The Bertz CT molecular complexity index is 1570. The molecular formula is C32H38N4O5S2. The monoisotopic (exact) mass is 622 g/mol. The van der Waals surface area contributed by atoms with Crippen molar-refractivity contribution in [2.75, 3.05) is 36.0 Å². The van der Waals surface area contributed by atoms with Crippen LogP contribution in [0.1, 0.15) is 61.5 Å². The molecule has 1 amide bonds. The van der Waals surface area contributed by atoms with Crippen LogP contribution < -0.4 is 9.80 Å². The Kier molecular flexibility index (Phi) is 8.57. The molecule has 6 rings (SSSR count). The van der Waals surface area contributed by atoms with Crippen LogP contribution in [0.15, 0.2) is 59.6 Å². The molecule has 3 aromatic rings. The van der Waals surface area contributed by atoms with Crippen molar-refractivity contribution in [2.45, 2.75) is 62.8 Å². The van der Waals surface area contributed by atoms with Crippen molar-refractivity contribution in [3.63, 3.8) is 0 Å². The lowest BCUT2D eigenvalue weighted by atomic mass is 9.82. The smallest absolute Gasteiger partial charge is 0.348 e. The lowest BCUT2D eigenvalue weighted by Gasteiger charge is -2.44. The number of thiophene rings is 1. The van der Waals surface area contributed by atoms with Gasteiger partial charge in [0.05, 0.1) is 18.3 Å². The minimum atomic E-state index is -4.00. The van der Waals surface area contributed by atoms with Crippen LogP contribution in [-0.2, 0) is 14.8 Å². The molecule has 0 bridgehead atoms. The van der Waals surface area contributed by atoms with E-state index in [1.807, 2.05) is 30.3 Å². The summed E-state index contributed by atoms with van der Waals surface area (Å²) >= 11 is 1.14. The van der Waals surface area contributed by atoms with Crippen molar-refractivity contribution in [1.82, 2.24) is 9.29 Å². The third-order valence-corrected chi connectivity index (χ3v) is 12.0. The molecule has 2 aliphatic heterocycles. The molecule has 2 aromatic heterocycles. The van der Waals surface area contributed by atoms with E-state index in [0.29, 0.717) is 11.6 Å². The van der Waals surface area contributed by atoms with E-state index in [1.165, 1.54) is 16.9 Å². The van der Waals surface area contributed by atoms with E-state index in [4.69, 9.17) is 0 Å². The van der Waals surface area contributed by atoms with Gasteiger partial charge in [0.1, 0.15) is 15.6 Å². The highest BCUT2D eigenvalue weighted by Gasteiger charge is 2.44. The number of hydrogen-bond acceptors (Lipinski definition) is 7. The van der Waals surface area contributed by atoms with Gasteiger partial charge in [-0.15, -0.1) is 11.3 Å². The maximum absolute atomic E-state index is 14.0. The Labute approximate surface area is 257 Å². The van der Waals surface area contributed by atoms with E-state index in [1.54, 1.807) is 23.1 Å². The second kappa shape index (κ2) is 12.4. The minimum Gasteiger partial charge on any atom is -0.477 e. The molecule has 228 valence electrons. The Morgan fingerprint density at radius 3 is 2.44 bits per heavy atom. The van der Waals surface area contributed by atoms with Gasteiger partial charge in [-0.25, -0.2) is 18.2 Å². The fourth-order valence-electron chi connectivity index (χ4n) is 6.86. The van der Waals surface area contributed by atoms with Crippen LogP contribution in [-0.4, -0.2) is 66.9 Å². The number of carbonyl (C=O) groups excluding carboxylic acids is 1. The average molecular weight is 623 g/mol. The summed E-state index contributed by atoms with van der Waals surface area (Å²) in [5.41, 5.74) is 1.23. The lowest BCUT2D eigenvalue weighted by Crippen LogP contribution is -2.60. The number of nitrogens with zero attached hydrogens (tertiary/aromatic N) is 4. The van der Waals surface area contributed by atoms with Crippen LogP contribution in [0.5, 0.6) is 0 Å². The molecule has 0 spiro atoms. The molecule has 0 unspecified atom stereocenters. The third kappa shape index (κ3) is 6.07. The summed E-state index contributed by atoms with van der Waals surface area (Å²) in [4.78, 5) is 35.6. The second-order valence-corrected chi connectivity index (χ2v) is 15.1. The van der Waals surface area contributed by atoms with Gasteiger partial charge >= 0.3 is 5.97 Å². The van der Waals surface area contributed by atoms with E-state index < -0.39 is 27.9 Å². The summed E-state index contributed by atoms with van der Waals surface area (Å²) in [6, 6.07) is 14.2. The van der Waals surface area contributed by atoms with Crippen LogP contribution in [0, 0.1) is 11.8 Å². The van der Waals surface area contributed by atoms with E-state index in [2.05, 4.69) is 16.8 Å². The second-order valence-electron chi connectivity index (χ2n) is 12.1. The minimum absolute atomic E-state index is 0.0677. The van der Waals surface area contributed by atoms with E-state index in [9.17, 15) is 23.1 Å². The molecule has 11 heteroatoms. The molecule has 43 heavy (non-hydrogen) atoms. The van der Waals surface area contributed by atoms with Crippen molar-refractivity contribution in [2.24, 2.45) is 11.8 Å². The largest absolute Gasteiger partial charge is 0.477 e. The molecule has 1 aromatic carbocycles. The molecule has 1 saturated carbocycles. The molecule has 3 fully saturated rings. The first-order chi connectivity index (χ1) is 20.7. The summed E-state index contributed by atoms with van der Waals surface area (Å²) in [6.07, 6.45) is 8.50. The van der Waals surface area contributed by atoms with Crippen LogP contribution in [0.2, 0.25) is 0 Å². The average Bonchev–Trinajstić information content (AvgIpc) is 3.47. The first-order valence-electron chi connectivity index (χ1n) is 15.2. The molecule has 4 heterocycles. The molecule has 3 aliphatic rings. The van der Waals surface area contributed by atoms with Gasteiger partial charge in [0.2, 0.25) is 15.9 Å². The van der Waals surface area contributed by atoms with Crippen molar-refractivity contribution >= 4 is 44.7 Å². The summed E-state index contributed by atoms with van der Waals surface area (Å²) in [5, 5.41) is 10.2. The number of carbonyl (C=O) groups is 2. The first kappa shape index (κ1) is 29.8. The number of carboxylic acids is 1. The number of carboxylic acid groups (broad SMARTS) is 1. The normalized spacial score (nSPS) is 22.6. The van der Waals surface area contributed by atoms with Crippen molar-refractivity contribution in [1.29, 1.82) is 0 Å². The van der Waals surface area contributed by atoms with Crippen molar-refractivity contribution < 1.29 is 23.1 Å². The van der Waals surface area contributed by atoms with Gasteiger partial charge in [-0.05, 0) is 61.3 Å². The number of piperazine rings is 1. The molecule has 9 nitrogen and oxygen atoms in total. The third-order valence-electron chi connectivity index (χ3n) is 9.06. The van der Waals surface area contributed by atoms with E-state index >= 15 is 0 Å². The number of hydrogen-bond donors (Lipinski definition) is 1. The number of amides is 1. The highest BCUT2D eigenvalue weighted by atomic mass is 32.2. The highest BCUT2D eigenvalue weighted by molar-refractivity contribution is 7.89. The predicted molar refractivity (Wildman–Crippen MR) is 168 cm³/mol. The number of anilines is 2. The van der Waals surface area contributed by atoms with E-state index in [-0.39, 0.29) is 28.8 Å². The fourth-order valence-corrected chi connectivity index (χ4v) is 9.21. The van der Waals surface area contributed by atoms with Gasteiger partial charge in [-0.1, -0.05) is 56.5 Å². The SMILES string of the molecule is C[C@@H]1CCCN(c2ccc(S(=O)(=O)N3CC(=O)N(c4cc(-c5ccccc5)sc4C(=O)O)[C@H](C4CCCCC4)C3)cn2)C1. The molecule has 2 saturated heterocycles. The molecular weight excluding hydrogens is 585 g/mol. The van der Waals surface area contributed by atoms with Crippen molar-refractivity contribution in [3.8, 4) is 10.4 Å². The Hall–Kier alpha value is -3.28. The number of aromatic carboxylic acids is 1. The summed E-state index contributed by atoms with van der Waals surface area (Å²) in [7, 11) is -4.00. The van der Waals surface area contributed by atoms with Gasteiger partial charge in [-0.3, -0.25) is 4.79 Å². The summed E-state index contributed by atoms with van der Waals surface area (Å²) in [6.45, 7) is 3.76. The quantitative estimate of drug-likeness (QED) is 0.358. The van der Waals surface area contributed by atoms with Gasteiger partial charge in [0, 0.05) is 30.7 Å². The Morgan fingerprint density at radius 2 is 1.77 bits per heavy atom. The molecule has 2 atom stereocenters. The number of rotatable bonds is 7. The van der Waals surface area contributed by atoms with Gasteiger partial charge < -0.3 is 14.9 Å². The first-order valence-corrected chi connectivity index (χ1v) is 17.4. The number of pyridine rings is 1. The standard InChI is InChI=1S/C32H38N4O5S2/c1-22-9-8-16-34(19-22)29-15-14-25(18-33-29)43(40,41)35-20-27(23-10-4-2-5-11-23)36(30(37)21-35)26-17-28(42-31(26)32(38)39)24-12-6-3-7-13-24/h3,6-7,12-15,17-18,22-23,27H,2,4-5,8-11,16,19-21H2,1H3,(H,38,39)/t22-,27+/m1/s1. The predicted octanol–water partition coefficient (Wildman–Crippen LogP) is 5.73. The number of benzene rings is 1. The Balaban J connectivity index is 1.32. The number of aromatic nitrogens is 1.